The van der Waals surface area contributed by atoms with Gasteiger partial charge in [0.1, 0.15) is 0 Å². The minimum atomic E-state index is 0. The Hall–Kier alpha value is -1.31. The highest BCUT2D eigenvalue weighted by molar-refractivity contribution is 5.92. The number of nitrogens with one attached hydrogen (secondary N) is 1. The molecule has 2 rings (SSSR count). The van der Waals surface area contributed by atoms with Gasteiger partial charge in [-0.15, -0.1) is 0 Å². The zero-order chi connectivity index (χ0) is 8.39. The van der Waals surface area contributed by atoms with Crippen molar-refractivity contribution in [3.8, 4) is 0 Å². The van der Waals surface area contributed by atoms with E-state index in [1.54, 1.807) is 0 Å². The first kappa shape index (κ1) is 7.35. The van der Waals surface area contributed by atoms with Gasteiger partial charge in [0.2, 0.25) is 5.91 Å². The van der Waals surface area contributed by atoms with Crippen LogP contribution in [0.3, 0.4) is 0 Å². The number of hydrogen-bond acceptors (Lipinski definition) is 1. The summed E-state index contributed by atoms with van der Waals surface area (Å²) in [6.07, 6.45) is 2.62. The van der Waals surface area contributed by atoms with Crippen molar-refractivity contribution in [3.63, 3.8) is 0 Å². The van der Waals surface area contributed by atoms with E-state index in [2.05, 4.69) is 11.4 Å². The van der Waals surface area contributed by atoms with Gasteiger partial charge in [0.05, 0.1) is 0 Å². The fourth-order valence-electron chi connectivity index (χ4n) is 1.51. The highest BCUT2D eigenvalue weighted by Crippen LogP contribution is 2.20. The van der Waals surface area contributed by atoms with Gasteiger partial charge in [-0.05, 0) is 24.5 Å². The summed E-state index contributed by atoms with van der Waals surface area (Å²) in [5.41, 5.74) is 2.24. The molecule has 2 nitrogen and oxygen atoms in total. The molecule has 64 valence electrons. The molecule has 1 aliphatic rings. The number of aryl methyl sites for hydroxylation is 1. The van der Waals surface area contributed by atoms with Crippen molar-refractivity contribution >= 4 is 11.6 Å². The third-order valence-electron chi connectivity index (χ3n) is 2.14. The summed E-state index contributed by atoms with van der Waals surface area (Å²) >= 11 is 0. The molecule has 0 atom stereocenters. The molecule has 12 heavy (non-hydrogen) atoms. The molecule has 1 amide bonds. The number of carbonyl (C=O) groups excluding carboxylic acids is 1. The van der Waals surface area contributed by atoms with E-state index >= 15 is 0 Å². The number of amides is 1. The van der Waals surface area contributed by atoms with E-state index in [0.717, 1.165) is 18.5 Å². The lowest BCUT2D eigenvalue weighted by molar-refractivity contribution is -0.116. The number of benzene rings is 1. The summed E-state index contributed by atoms with van der Waals surface area (Å²) in [6, 6.07) is 7.99. The van der Waals surface area contributed by atoms with Gasteiger partial charge in [-0.1, -0.05) is 18.2 Å². The SMILES string of the molecule is O=C1CCCc2ccccc2N1.[HH]. The lowest BCUT2D eigenvalue weighted by Crippen LogP contribution is -2.08. The van der Waals surface area contributed by atoms with E-state index in [1.807, 2.05) is 18.2 Å². The number of rotatable bonds is 0. The minimum Gasteiger partial charge on any atom is -0.326 e. The lowest BCUT2D eigenvalue weighted by atomic mass is 10.1. The molecule has 1 aliphatic heterocycles. The maximum Gasteiger partial charge on any atom is 0.224 e. The predicted octanol–water partition coefficient (Wildman–Crippen LogP) is 2.21. The Morgan fingerprint density at radius 2 is 2.08 bits per heavy atom. The summed E-state index contributed by atoms with van der Waals surface area (Å²) < 4.78 is 0. The van der Waals surface area contributed by atoms with Crippen molar-refractivity contribution in [1.82, 2.24) is 0 Å². The summed E-state index contributed by atoms with van der Waals surface area (Å²) in [5, 5.41) is 2.88. The van der Waals surface area contributed by atoms with Crippen molar-refractivity contribution in [2.45, 2.75) is 19.3 Å². The van der Waals surface area contributed by atoms with Crippen LogP contribution in [0.4, 0.5) is 5.69 Å². The fourth-order valence-corrected chi connectivity index (χ4v) is 1.51. The second kappa shape index (κ2) is 2.97. The molecule has 2 heteroatoms. The molecule has 0 saturated heterocycles. The molecule has 1 aromatic carbocycles. The van der Waals surface area contributed by atoms with Crippen LogP contribution in [0.25, 0.3) is 0 Å². The van der Waals surface area contributed by atoms with Gasteiger partial charge < -0.3 is 5.32 Å². The first-order chi connectivity index (χ1) is 5.86. The largest absolute Gasteiger partial charge is 0.326 e. The van der Waals surface area contributed by atoms with Crippen LogP contribution in [0.15, 0.2) is 24.3 Å². The topological polar surface area (TPSA) is 29.1 Å². The normalized spacial score (nSPS) is 16.2. The Morgan fingerprint density at radius 1 is 1.25 bits per heavy atom. The van der Waals surface area contributed by atoms with Gasteiger partial charge in [-0.3, -0.25) is 4.79 Å². The van der Waals surface area contributed by atoms with Crippen LogP contribution in [-0.2, 0) is 11.2 Å². The Bertz CT molecular complexity index is 312. The summed E-state index contributed by atoms with van der Waals surface area (Å²) in [5.74, 6) is 0.139. The van der Waals surface area contributed by atoms with Gasteiger partial charge in [0.15, 0.2) is 0 Å². The molecule has 1 aromatic rings. The molecule has 0 spiro atoms. The van der Waals surface area contributed by atoms with Gasteiger partial charge >= 0.3 is 0 Å². The fraction of sp³-hybridized carbons (Fsp3) is 0.300. The number of hydrogen-bond donors (Lipinski definition) is 1. The summed E-state index contributed by atoms with van der Waals surface area (Å²) in [4.78, 5) is 11.1. The minimum absolute atomic E-state index is 0. The van der Waals surface area contributed by atoms with Crippen LogP contribution in [-0.4, -0.2) is 5.91 Å². The van der Waals surface area contributed by atoms with E-state index in [0.29, 0.717) is 6.42 Å². The van der Waals surface area contributed by atoms with Crippen molar-refractivity contribution in [1.29, 1.82) is 0 Å². The van der Waals surface area contributed by atoms with E-state index in [-0.39, 0.29) is 7.33 Å². The zero-order valence-electron chi connectivity index (χ0n) is 6.84. The smallest absolute Gasteiger partial charge is 0.224 e. The van der Waals surface area contributed by atoms with E-state index in [4.69, 9.17) is 0 Å². The number of para-hydroxylation sites is 1. The maximum absolute atomic E-state index is 11.1. The summed E-state index contributed by atoms with van der Waals surface area (Å²) in [6.45, 7) is 0. The van der Waals surface area contributed by atoms with Crippen LogP contribution in [0.2, 0.25) is 0 Å². The Morgan fingerprint density at radius 3 is 3.00 bits per heavy atom. The second-order valence-electron chi connectivity index (χ2n) is 3.06. The van der Waals surface area contributed by atoms with Crippen molar-refractivity contribution in [3.05, 3.63) is 29.8 Å². The first-order valence-corrected chi connectivity index (χ1v) is 4.24. The van der Waals surface area contributed by atoms with Gasteiger partial charge in [0, 0.05) is 13.5 Å². The van der Waals surface area contributed by atoms with E-state index in [1.165, 1.54) is 5.56 Å². The molecule has 0 unspecified atom stereocenters. The van der Waals surface area contributed by atoms with Gasteiger partial charge in [0.25, 0.3) is 0 Å². The zero-order valence-corrected chi connectivity index (χ0v) is 6.84. The highest BCUT2D eigenvalue weighted by Gasteiger charge is 2.10. The van der Waals surface area contributed by atoms with Crippen molar-refractivity contribution in [2.75, 3.05) is 5.32 Å². The monoisotopic (exact) mass is 163 g/mol. The first-order valence-electron chi connectivity index (χ1n) is 4.24. The van der Waals surface area contributed by atoms with Crippen LogP contribution in [0, 0.1) is 0 Å². The standard InChI is InChI=1S/C10H11NO.H2/c12-10-7-3-5-8-4-1-2-6-9(8)11-10;/h1-2,4,6H,3,5,7H2,(H,11,12);1H. The van der Waals surface area contributed by atoms with Gasteiger partial charge in [-0.25, -0.2) is 0 Å². The van der Waals surface area contributed by atoms with Crippen LogP contribution in [0.5, 0.6) is 0 Å². The summed E-state index contributed by atoms with van der Waals surface area (Å²) in [7, 11) is 0. The van der Waals surface area contributed by atoms with Crippen molar-refractivity contribution in [2.24, 2.45) is 0 Å². The number of carbonyl (C=O) groups is 1. The van der Waals surface area contributed by atoms with Crippen LogP contribution < -0.4 is 5.32 Å². The average Bonchev–Trinajstić information content (AvgIpc) is 2.25. The molecule has 0 bridgehead atoms. The molecule has 0 aromatic heterocycles. The van der Waals surface area contributed by atoms with Gasteiger partial charge in [-0.2, -0.15) is 0 Å². The second-order valence-corrected chi connectivity index (χ2v) is 3.06. The predicted molar refractivity (Wildman–Crippen MR) is 50.1 cm³/mol. The van der Waals surface area contributed by atoms with E-state index < -0.39 is 0 Å². The molecule has 1 heterocycles. The lowest BCUT2D eigenvalue weighted by Gasteiger charge is -2.04. The Kier molecular flexibility index (Phi) is 1.82. The molecule has 0 radical (unpaired) electrons. The highest BCUT2D eigenvalue weighted by atomic mass is 16.1. The Labute approximate surface area is 73.1 Å². The number of anilines is 1. The third-order valence-corrected chi connectivity index (χ3v) is 2.14. The van der Waals surface area contributed by atoms with Crippen LogP contribution in [0.1, 0.15) is 19.8 Å². The Balaban J connectivity index is 0.000000845. The molecule has 0 aliphatic carbocycles. The molecular weight excluding hydrogens is 150 g/mol. The molecule has 1 N–H and O–H groups in total. The quantitative estimate of drug-likeness (QED) is 0.624. The molecular formula is C10H13NO. The molecule has 0 fully saturated rings. The van der Waals surface area contributed by atoms with E-state index in [9.17, 15) is 4.79 Å². The van der Waals surface area contributed by atoms with Crippen molar-refractivity contribution < 1.29 is 6.22 Å². The average molecular weight is 163 g/mol. The maximum atomic E-state index is 11.1. The molecule has 0 saturated carbocycles. The number of fused-ring (bicyclic) bond motifs is 1. The third kappa shape index (κ3) is 1.33. The van der Waals surface area contributed by atoms with Crippen LogP contribution >= 0.6 is 0 Å².